The van der Waals surface area contributed by atoms with Gasteiger partial charge in [0.1, 0.15) is 5.82 Å². The van der Waals surface area contributed by atoms with Crippen LogP contribution in [0, 0.1) is 21.8 Å². The minimum Gasteiger partial charge on any atom is -0.481 e. The van der Waals surface area contributed by atoms with Gasteiger partial charge in [-0.25, -0.2) is 4.39 Å². The lowest BCUT2D eigenvalue weighted by molar-refractivity contribution is -0.387. The highest BCUT2D eigenvalue weighted by Gasteiger charge is 2.20. The maximum Gasteiger partial charge on any atom is 0.307 e. The molecule has 0 heterocycles. The quantitative estimate of drug-likeness (QED) is 0.512. The number of thioether (sulfide) groups is 1. The number of hydrogen-bond donors (Lipinski definition) is 1. The Balaban J connectivity index is 2.97. The smallest absolute Gasteiger partial charge is 0.307 e. The third-order valence-corrected chi connectivity index (χ3v) is 3.70. The van der Waals surface area contributed by atoms with E-state index >= 15 is 0 Å². The van der Waals surface area contributed by atoms with Gasteiger partial charge in [0.2, 0.25) is 0 Å². The van der Waals surface area contributed by atoms with E-state index in [1.165, 1.54) is 6.92 Å². The zero-order chi connectivity index (χ0) is 13.9. The van der Waals surface area contributed by atoms with Crippen molar-refractivity contribution in [2.45, 2.75) is 11.8 Å². The molecule has 8 heteroatoms. The summed E-state index contributed by atoms with van der Waals surface area (Å²) in [6, 6.07) is 1.87. The lowest BCUT2D eigenvalue weighted by Gasteiger charge is -2.07. The van der Waals surface area contributed by atoms with Crippen molar-refractivity contribution in [3.63, 3.8) is 0 Å². The molecule has 1 aromatic carbocycles. The van der Waals surface area contributed by atoms with E-state index in [-0.39, 0.29) is 21.4 Å². The average Bonchev–Trinajstić information content (AvgIpc) is 2.29. The van der Waals surface area contributed by atoms with Crippen molar-refractivity contribution >= 4 is 35.0 Å². The Morgan fingerprint density at radius 1 is 1.67 bits per heavy atom. The van der Waals surface area contributed by atoms with Crippen LogP contribution >= 0.6 is 23.4 Å². The Kier molecular flexibility index (Phi) is 4.92. The summed E-state index contributed by atoms with van der Waals surface area (Å²) >= 11 is 6.37. The van der Waals surface area contributed by atoms with Crippen molar-refractivity contribution in [2.24, 2.45) is 5.92 Å². The van der Waals surface area contributed by atoms with Crippen molar-refractivity contribution in [1.82, 2.24) is 0 Å². The topological polar surface area (TPSA) is 80.4 Å². The largest absolute Gasteiger partial charge is 0.481 e. The molecule has 0 aliphatic carbocycles. The van der Waals surface area contributed by atoms with Crippen LogP contribution in [0.2, 0.25) is 5.02 Å². The second-order valence-electron chi connectivity index (χ2n) is 3.54. The summed E-state index contributed by atoms with van der Waals surface area (Å²) in [5.41, 5.74) is -0.330. The van der Waals surface area contributed by atoms with E-state index in [0.717, 1.165) is 23.9 Å². The lowest BCUT2D eigenvalue weighted by Crippen LogP contribution is -2.11. The van der Waals surface area contributed by atoms with Crippen molar-refractivity contribution in [3.05, 3.63) is 33.1 Å². The van der Waals surface area contributed by atoms with Crippen LogP contribution in [0.1, 0.15) is 6.92 Å². The van der Waals surface area contributed by atoms with Crippen LogP contribution in [0.15, 0.2) is 17.0 Å². The van der Waals surface area contributed by atoms with Gasteiger partial charge in [-0.05, 0) is 6.07 Å². The van der Waals surface area contributed by atoms with Crippen LogP contribution in [0.4, 0.5) is 10.1 Å². The van der Waals surface area contributed by atoms with E-state index in [1.807, 2.05) is 0 Å². The van der Waals surface area contributed by atoms with Crippen LogP contribution in [0.25, 0.3) is 0 Å². The molecule has 0 saturated heterocycles. The monoisotopic (exact) mass is 293 g/mol. The minimum absolute atomic E-state index is 0.0648. The van der Waals surface area contributed by atoms with Crippen molar-refractivity contribution in [1.29, 1.82) is 0 Å². The average molecular weight is 294 g/mol. The Hall–Kier alpha value is -1.34. The first kappa shape index (κ1) is 14.7. The molecule has 0 aromatic heterocycles. The fourth-order valence-electron chi connectivity index (χ4n) is 1.06. The number of halogens is 2. The molecule has 0 amide bonds. The minimum atomic E-state index is -1.01. The Bertz CT molecular complexity index is 497. The first-order valence-electron chi connectivity index (χ1n) is 4.82. The number of carboxylic acid groups (broad SMARTS) is 1. The number of nitro benzene ring substituents is 1. The summed E-state index contributed by atoms with van der Waals surface area (Å²) in [6.07, 6.45) is 0. The molecular formula is C10H9ClFNO4S. The van der Waals surface area contributed by atoms with Crippen molar-refractivity contribution in [2.75, 3.05) is 5.75 Å². The molecular weight excluding hydrogens is 285 g/mol. The Morgan fingerprint density at radius 2 is 2.28 bits per heavy atom. The molecule has 0 radical (unpaired) electrons. The predicted molar refractivity (Wildman–Crippen MR) is 65.6 cm³/mol. The second kappa shape index (κ2) is 6.01. The Morgan fingerprint density at radius 3 is 2.78 bits per heavy atom. The SMILES string of the molecule is CC(CSc1cc(F)c(Cl)cc1[N+](=O)[O-])C(=O)O. The van der Waals surface area contributed by atoms with E-state index in [4.69, 9.17) is 16.7 Å². The zero-order valence-electron chi connectivity index (χ0n) is 9.22. The number of nitrogens with zero attached hydrogens (tertiary/aromatic N) is 1. The molecule has 0 fully saturated rings. The molecule has 1 unspecified atom stereocenters. The van der Waals surface area contributed by atoms with Crippen molar-refractivity contribution in [3.8, 4) is 0 Å². The normalized spacial score (nSPS) is 12.2. The van der Waals surface area contributed by atoms with Gasteiger partial charge >= 0.3 is 5.97 Å². The van der Waals surface area contributed by atoms with E-state index in [1.54, 1.807) is 0 Å². The Labute approximate surface area is 111 Å². The second-order valence-corrected chi connectivity index (χ2v) is 5.01. The number of carboxylic acids is 1. The molecule has 5 nitrogen and oxygen atoms in total. The van der Waals surface area contributed by atoms with Gasteiger partial charge in [-0.1, -0.05) is 18.5 Å². The summed E-state index contributed by atoms with van der Waals surface area (Å²) in [4.78, 5) is 20.8. The van der Waals surface area contributed by atoms with Gasteiger partial charge in [-0.15, -0.1) is 11.8 Å². The standard InChI is InChI=1S/C10H9ClFNO4S/c1-5(10(14)15)4-18-9-3-7(12)6(11)2-8(9)13(16)17/h2-3,5H,4H2,1H3,(H,14,15). The highest BCUT2D eigenvalue weighted by Crippen LogP contribution is 2.34. The van der Waals surface area contributed by atoms with E-state index < -0.39 is 22.6 Å². The predicted octanol–water partition coefficient (Wildman–Crippen LogP) is 3.20. The number of hydrogen-bond acceptors (Lipinski definition) is 4. The molecule has 0 aliphatic rings. The molecule has 1 rings (SSSR count). The van der Waals surface area contributed by atoms with E-state index in [9.17, 15) is 19.3 Å². The van der Waals surface area contributed by atoms with Gasteiger partial charge in [-0.3, -0.25) is 14.9 Å². The van der Waals surface area contributed by atoms with Crippen molar-refractivity contribution < 1.29 is 19.2 Å². The fraction of sp³-hybridized carbons (Fsp3) is 0.300. The van der Waals surface area contributed by atoms with Gasteiger partial charge < -0.3 is 5.11 Å². The number of aliphatic carboxylic acids is 1. The molecule has 18 heavy (non-hydrogen) atoms. The van der Waals surface area contributed by atoms with Gasteiger partial charge in [-0.2, -0.15) is 0 Å². The maximum absolute atomic E-state index is 13.2. The first-order valence-corrected chi connectivity index (χ1v) is 6.18. The fourth-order valence-corrected chi connectivity index (χ4v) is 2.26. The van der Waals surface area contributed by atoms with E-state index in [0.29, 0.717) is 0 Å². The van der Waals surface area contributed by atoms with Crippen LogP contribution in [-0.4, -0.2) is 21.8 Å². The molecule has 0 bridgehead atoms. The highest BCUT2D eigenvalue weighted by molar-refractivity contribution is 7.99. The number of nitro groups is 1. The summed E-state index contributed by atoms with van der Waals surface area (Å²) in [6.45, 7) is 1.47. The van der Waals surface area contributed by atoms with Crippen LogP contribution in [-0.2, 0) is 4.79 Å². The number of rotatable bonds is 5. The number of carbonyl (C=O) groups is 1. The van der Waals surface area contributed by atoms with Crippen LogP contribution in [0.3, 0.4) is 0 Å². The summed E-state index contributed by atoms with van der Waals surface area (Å²) < 4.78 is 13.2. The first-order chi connectivity index (χ1) is 8.32. The third kappa shape index (κ3) is 3.58. The van der Waals surface area contributed by atoms with E-state index in [2.05, 4.69) is 0 Å². The van der Waals surface area contributed by atoms with Gasteiger partial charge in [0.15, 0.2) is 0 Å². The van der Waals surface area contributed by atoms with Crippen LogP contribution in [0.5, 0.6) is 0 Å². The molecule has 98 valence electrons. The van der Waals surface area contributed by atoms with Gasteiger partial charge in [0, 0.05) is 11.8 Å². The summed E-state index contributed by atoms with van der Waals surface area (Å²) in [5, 5.41) is 19.1. The molecule has 1 atom stereocenters. The lowest BCUT2D eigenvalue weighted by atomic mass is 10.2. The third-order valence-electron chi connectivity index (χ3n) is 2.11. The maximum atomic E-state index is 13.2. The molecule has 0 spiro atoms. The number of benzene rings is 1. The van der Waals surface area contributed by atoms with Gasteiger partial charge in [0.05, 0.1) is 20.8 Å². The molecule has 0 saturated carbocycles. The molecule has 0 aliphatic heterocycles. The van der Waals surface area contributed by atoms with Crippen LogP contribution < -0.4 is 0 Å². The zero-order valence-corrected chi connectivity index (χ0v) is 10.8. The summed E-state index contributed by atoms with van der Waals surface area (Å²) in [5.74, 6) is -2.36. The highest BCUT2D eigenvalue weighted by atomic mass is 35.5. The molecule has 1 aromatic rings. The molecule has 1 N–H and O–H groups in total. The van der Waals surface area contributed by atoms with Gasteiger partial charge in [0.25, 0.3) is 5.69 Å². The summed E-state index contributed by atoms with van der Waals surface area (Å²) in [7, 11) is 0.